The third kappa shape index (κ3) is 22.0. The highest BCUT2D eigenvalue weighted by molar-refractivity contribution is 6.76. The van der Waals surface area contributed by atoms with Gasteiger partial charge in [-0.1, -0.05) is 71.0 Å². The normalized spacial score (nSPS) is 11.2. The van der Waals surface area contributed by atoms with E-state index in [2.05, 4.69) is 64.3 Å². The summed E-state index contributed by atoms with van der Waals surface area (Å²) in [4.78, 5) is 65.7. The summed E-state index contributed by atoms with van der Waals surface area (Å²) >= 11 is 0. The van der Waals surface area contributed by atoms with E-state index in [1.165, 1.54) is 44.7 Å². The molecule has 0 atom stereocenters. The molecule has 24 heteroatoms. The third-order valence-electron chi connectivity index (χ3n) is 13.7. The maximum atomic E-state index is 13.7. The fraction of sp³-hybridized carbons (Fsp3) is 0.385. The van der Waals surface area contributed by atoms with E-state index >= 15 is 0 Å². The molecule has 0 aliphatic rings. The smallest absolute Gasteiger partial charge is 0.356 e. The van der Waals surface area contributed by atoms with Gasteiger partial charge in [-0.2, -0.15) is 0 Å². The number of ether oxygens (including phenoxy) is 4. The zero-order chi connectivity index (χ0) is 63.6. The van der Waals surface area contributed by atoms with Crippen molar-refractivity contribution in [2.24, 2.45) is 0 Å². The van der Waals surface area contributed by atoms with Gasteiger partial charge in [0, 0.05) is 89.2 Å². The summed E-state index contributed by atoms with van der Waals surface area (Å²) in [7, 11) is 0.219. The van der Waals surface area contributed by atoms with Crippen molar-refractivity contribution in [3.8, 4) is 45.6 Å². The molecule has 89 heavy (non-hydrogen) atoms. The number of rotatable bonds is 25. The van der Waals surface area contributed by atoms with Gasteiger partial charge in [0.1, 0.15) is 42.2 Å². The number of anilines is 2. The fourth-order valence-electron chi connectivity index (χ4n) is 8.62. The number of aryl methyl sites for hydroxylation is 2. The molecule has 4 aromatic heterocycles. The van der Waals surface area contributed by atoms with Crippen LogP contribution in [0.2, 0.25) is 51.4 Å². The molecule has 0 spiro atoms. The highest BCUT2D eigenvalue weighted by atomic mass is 28.3. The number of imidazole rings is 4. The fourth-order valence-corrected chi connectivity index (χ4v) is 10.1. The first-order valence-corrected chi connectivity index (χ1v) is 36.2. The van der Waals surface area contributed by atoms with Crippen LogP contribution >= 0.6 is 0 Å². The molecule has 480 valence electrons. The summed E-state index contributed by atoms with van der Waals surface area (Å²) in [5, 5.41) is 12.4. The number of halogens is 3. The lowest BCUT2D eigenvalue weighted by Crippen LogP contribution is -2.22. The number of aromatic nitrogens is 8. The van der Waals surface area contributed by atoms with Gasteiger partial charge in [-0.3, -0.25) is 19.1 Å². The van der Waals surface area contributed by atoms with Gasteiger partial charge in [-0.05, 0) is 137 Å². The molecule has 1 amide bonds. The number of aromatic carboxylic acids is 1. The first-order chi connectivity index (χ1) is 41.2. The zero-order valence-electron chi connectivity index (χ0n) is 52.3. The van der Waals surface area contributed by atoms with Crippen molar-refractivity contribution in [1.29, 1.82) is 0 Å². The predicted octanol–water partition coefficient (Wildman–Crippen LogP) is 14.1. The highest BCUT2D eigenvalue weighted by Gasteiger charge is 2.27. The third-order valence-corrected chi connectivity index (χ3v) is 17.1. The van der Waals surface area contributed by atoms with Crippen LogP contribution in [0.3, 0.4) is 0 Å². The van der Waals surface area contributed by atoms with Crippen LogP contribution in [0, 0.1) is 11.6 Å². The van der Waals surface area contributed by atoms with Crippen molar-refractivity contribution >= 4 is 51.3 Å². The van der Waals surface area contributed by atoms with E-state index in [4.69, 9.17) is 24.9 Å². The average Bonchev–Trinajstić information content (AvgIpc) is 2.61. The number of amides is 1. The zero-order valence-corrected chi connectivity index (χ0v) is 54.3. The summed E-state index contributed by atoms with van der Waals surface area (Å²) in [6, 6.07) is 29.2. The molecule has 8 rings (SSSR count). The number of nitrogens with one attached hydrogen (secondary N) is 1. The van der Waals surface area contributed by atoms with Gasteiger partial charge in [0.2, 0.25) is 0 Å². The quantitative estimate of drug-likeness (QED) is 0.0209. The summed E-state index contributed by atoms with van der Waals surface area (Å²) in [5.41, 5.74) is 13.2. The van der Waals surface area contributed by atoms with E-state index in [-0.39, 0.29) is 85.0 Å². The van der Waals surface area contributed by atoms with E-state index in [1.807, 2.05) is 77.8 Å². The number of benzene rings is 4. The van der Waals surface area contributed by atoms with E-state index < -0.39 is 22.1 Å². The number of nitrogen functional groups attached to an aromatic ring is 1. The molecule has 4 aromatic carbocycles. The van der Waals surface area contributed by atoms with Gasteiger partial charge in [0.15, 0.2) is 17.3 Å². The van der Waals surface area contributed by atoms with Crippen molar-refractivity contribution in [2.45, 2.75) is 138 Å². The van der Waals surface area contributed by atoms with Crippen molar-refractivity contribution in [3.05, 3.63) is 156 Å². The first-order valence-electron chi connectivity index (χ1n) is 28.8. The van der Waals surface area contributed by atoms with E-state index in [9.17, 15) is 33.1 Å². The Bertz CT molecular complexity index is 3540. The molecule has 0 fully saturated rings. The number of methoxy groups -OCH3 is 2. The standard InChI is InChI=1S/C32H40FN5O4Si.C22H29FN4O3Si.C10H13NO2.CH4.FH/c1-22(2)38-20-34-29(24-10-12-25(33)13-11-24)30(38)31-36-27(19-37(31)21-42-17-18-43(4,5)6)32(40)35-26-14-7-23(8-15-26)9-16-28(39)41-3;1-15(2)27-13-24-19(16-6-8-17(23)9-7-16)20(27)21-25-18(22(28)29)12-26(21)14-30-10-11-31(3,4)5;1-13-10(12)7-4-8-2-5-9(11)6-3-8;;/h7-8,10-15,19-20,22H,9,16-18,21H2,1-6H3,(H,35,40);6-9,12-13,15H,10-11,14H2,1-5H3,(H,28,29);2-3,5-6H,4,7,11H2,1H3;1H4;1H. The number of esters is 2. The van der Waals surface area contributed by atoms with E-state index in [1.54, 1.807) is 59.8 Å². The number of hydrogen-bond acceptors (Lipinski definition) is 13. The maximum absolute atomic E-state index is 13.7. The Morgan fingerprint density at radius 2 is 0.978 bits per heavy atom. The molecule has 0 aliphatic carbocycles. The Morgan fingerprint density at radius 3 is 1.35 bits per heavy atom. The first kappa shape index (κ1) is 73.0. The van der Waals surface area contributed by atoms with Gasteiger partial charge in [0.25, 0.3) is 5.91 Å². The molecule has 8 aromatic rings. The van der Waals surface area contributed by atoms with Crippen LogP contribution in [0.5, 0.6) is 0 Å². The van der Waals surface area contributed by atoms with Crippen LogP contribution in [0.1, 0.15) is 92.2 Å². The van der Waals surface area contributed by atoms with Crippen LogP contribution < -0.4 is 11.1 Å². The lowest BCUT2D eigenvalue weighted by molar-refractivity contribution is -0.141. The monoisotopic (exact) mass is 1260 g/mol. The largest absolute Gasteiger partial charge is 0.476 e. The molecule has 0 radical (unpaired) electrons. The van der Waals surface area contributed by atoms with Crippen LogP contribution in [-0.2, 0) is 54.8 Å². The Labute approximate surface area is 522 Å². The van der Waals surface area contributed by atoms with E-state index in [0.717, 1.165) is 40.0 Å². The highest BCUT2D eigenvalue weighted by Crippen LogP contribution is 2.35. The number of nitrogens with zero attached hydrogens (tertiary/aromatic N) is 8. The molecule has 0 unspecified atom stereocenters. The summed E-state index contributed by atoms with van der Waals surface area (Å²) in [6.45, 7) is 23.4. The van der Waals surface area contributed by atoms with Crippen molar-refractivity contribution < 1.29 is 56.7 Å². The minimum atomic E-state index is -1.30. The molecule has 0 aliphatic heterocycles. The molecule has 19 nitrogen and oxygen atoms in total. The molecule has 0 saturated heterocycles. The van der Waals surface area contributed by atoms with Crippen molar-refractivity contribution in [3.63, 3.8) is 0 Å². The number of hydrogen-bond donors (Lipinski definition) is 3. The summed E-state index contributed by atoms with van der Waals surface area (Å²) in [6.07, 6.45) is 8.57. The number of carboxylic acid groups (broad SMARTS) is 1. The number of carbonyl (C=O) groups excluding carboxylic acids is 3. The molecular formula is C65H87F3N10O9Si2. The maximum Gasteiger partial charge on any atom is 0.356 e. The lowest BCUT2D eigenvalue weighted by atomic mass is 10.1. The van der Waals surface area contributed by atoms with Crippen molar-refractivity contribution in [2.75, 3.05) is 38.5 Å². The Balaban J connectivity index is 0.000000320. The second-order valence-electron chi connectivity index (χ2n) is 23.8. The van der Waals surface area contributed by atoms with Crippen LogP contribution in [-0.4, -0.2) is 111 Å². The SMILES string of the molecule is C.CC(C)n1cnc(-c2ccc(F)cc2)c1-c1nc(C(=O)O)cn1COCC[Si](C)(C)C.COC(=O)CCc1ccc(N)cc1.COC(=O)CCc1ccc(NC(=O)c2cn(COCC[Si](C)(C)C)c(-c3c(-c4ccc(F)cc4)ncn3C(C)C)n2)cc1.F. The number of nitrogens with two attached hydrogens (primary N) is 1. The van der Waals surface area contributed by atoms with Gasteiger partial charge < -0.3 is 53.4 Å². The Kier molecular flexibility index (Phi) is 27.7. The molecule has 0 bridgehead atoms. The van der Waals surface area contributed by atoms with Gasteiger partial charge >= 0.3 is 17.9 Å². The lowest BCUT2D eigenvalue weighted by Gasteiger charge is -2.17. The minimum absolute atomic E-state index is 0. The number of carboxylic acids is 1. The van der Waals surface area contributed by atoms with Crippen molar-refractivity contribution in [1.82, 2.24) is 38.2 Å². The van der Waals surface area contributed by atoms with Crippen LogP contribution in [0.25, 0.3) is 45.6 Å². The second kappa shape index (κ2) is 33.8. The molecular weight excluding hydrogens is 1180 g/mol. The Hall–Kier alpha value is -8.46. The van der Waals surface area contributed by atoms with Crippen LogP contribution in [0.15, 0.2) is 122 Å². The van der Waals surface area contributed by atoms with E-state index in [0.29, 0.717) is 72.6 Å². The predicted molar refractivity (Wildman–Crippen MR) is 349 cm³/mol. The van der Waals surface area contributed by atoms with Gasteiger partial charge in [0.05, 0.1) is 38.3 Å². The summed E-state index contributed by atoms with van der Waals surface area (Å²) in [5.74, 6) is -1.62. The van der Waals surface area contributed by atoms with Gasteiger partial charge in [-0.15, -0.1) is 0 Å². The molecule has 4 N–H and O–H groups in total. The average molecular weight is 1270 g/mol. The summed E-state index contributed by atoms with van der Waals surface area (Å²) < 4.78 is 55.9. The van der Waals surface area contributed by atoms with Gasteiger partial charge in [-0.25, -0.2) is 33.5 Å². The van der Waals surface area contributed by atoms with Crippen LogP contribution in [0.4, 0.5) is 24.9 Å². The second-order valence-corrected chi connectivity index (χ2v) is 35.0. The molecule has 0 saturated carbocycles. The Morgan fingerprint density at radius 1 is 0.596 bits per heavy atom. The minimum Gasteiger partial charge on any atom is -0.476 e. The molecule has 4 heterocycles. The number of carbonyl (C=O) groups is 4. The topological polar surface area (TPSA) is 235 Å².